The topological polar surface area (TPSA) is 72.2 Å². The summed E-state index contributed by atoms with van der Waals surface area (Å²) in [6, 6.07) is 9.84. The molecule has 7 heteroatoms. The predicted octanol–water partition coefficient (Wildman–Crippen LogP) is 2.81. The molecule has 3 N–H and O–H groups in total. The zero-order chi connectivity index (χ0) is 15.4. The molecule has 0 saturated heterocycles. The molecule has 0 radical (unpaired) electrons. The van der Waals surface area contributed by atoms with Crippen molar-refractivity contribution in [1.29, 1.82) is 0 Å². The highest BCUT2D eigenvalue weighted by Crippen LogP contribution is 2.22. The molecule has 1 amide bonds. The number of carbonyl (C=O) groups excluding carboxylic acids is 1. The van der Waals surface area contributed by atoms with Gasteiger partial charge in [0.2, 0.25) is 5.91 Å². The minimum Gasteiger partial charge on any atom is -0.397 e. The molecule has 1 atom stereocenters. The number of amides is 1. The molecule has 0 fully saturated rings. The van der Waals surface area contributed by atoms with E-state index in [2.05, 4.69) is 5.32 Å². The van der Waals surface area contributed by atoms with Crippen molar-refractivity contribution in [3.63, 3.8) is 0 Å². The molecule has 2 aromatic rings. The van der Waals surface area contributed by atoms with E-state index in [0.29, 0.717) is 21.3 Å². The summed E-state index contributed by atoms with van der Waals surface area (Å²) in [5.74, 6) is -1.08. The van der Waals surface area contributed by atoms with E-state index < -0.39 is 22.5 Å². The van der Waals surface area contributed by atoms with Gasteiger partial charge in [0.25, 0.3) is 0 Å². The third kappa shape index (κ3) is 4.27. The highest BCUT2D eigenvalue weighted by Gasteiger charge is 2.11. The Kier molecular flexibility index (Phi) is 4.93. The number of benzene rings is 2. The van der Waals surface area contributed by atoms with Crippen LogP contribution in [0, 0.1) is 5.82 Å². The molecule has 110 valence electrons. The van der Waals surface area contributed by atoms with Crippen molar-refractivity contribution in [2.45, 2.75) is 4.90 Å². The molecular formula is C14H12ClFN2O2S. The lowest BCUT2D eigenvalue weighted by molar-refractivity contribution is -0.113. The van der Waals surface area contributed by atoms with Gasteiger partial charge in [0.05, 0.1) is 21.5 Å². The molecule has 0 aliphatic rings. The monoisotopic (exact) mass is 326 g/mol. The largest absolute Gasteiger partial charge is 0.397 e. The number of nitrogen functional groups attached to an aromatic ring is 1. The Labute approximate surface area is 128 Å². The average molecular weight is 327 g/mol. The highest BCUT2D eigenvalue weighted by molar-refractivity contribution is 7.85. The Morgan fingerprint density at radius 1 is 1.24 bits per heavy atom. The van der Waals surface area contributed by atoms with Crippen molar-refractivity contribution in [1.82, 2.24) is 0 Å². The second kappa shape index (κ2) is 6.69. The van der Waals surface area contributed by atoms with Gasteiger partial charge in [-0.3, -0.25) is 9.00 Å². The first kappa shape index (κ1) is 15.5. The van der Waals surface area contributed by atoms with E-state index in [1.165, 1.54) is 30.3 Å². The second-order valence-corrected chi connectivity index (χ2v) is 6.09. The maximum Gasteiger partial charge on any atom is 0.237 e. The fourth-order valence-corrected chi connectivity index (χ4v) is 2.64. The van der Waals surface area contributed by atoms with Gasteiger partial charge in [-0.15, -0.1) is 0 Å². The molecule has 2 rings (SSSR count). The van der Waals surface area contributed by atoms with Crippen LogP contribution in [0.25, 0.3) is 0 Å². The van der Waals surface area contributed by atoms with Crippen LogP contribution in [0.4, 0.5) is 15.8 Å². The van der Waals surface area contributed by atoms with Crippen molar-refractivity contribution in [2.24, 2.45) is 0 Å². The first-order valence-corrected chi connectivity index (χ1v) is 7.64. The van der Waals surface area contributed by atoms with E-state index in [0.717, 1.165) is 0 Å². The van der Waals surface area contributed by atoms with Crippen LogP contribution in [0.3, 0.4) is 0 Å². The van der Waals surface area contributed by atoms with E-state index in [1.807, 2.05) is 0 Å². The molecule has 2 aromatic carbocycles. The van der Waals surface area contributed by atoms with Crippen LogP contribution in [0.5, 0.6) is 0 Å². The standard InChI is InChI=1S/C14H12ClFN2O2S/c15-12-6-3-10(7-13(12)17)18-14(19)8-21(20)11-4-1-9(16)2-5-11/h1-7H,8,17H2,(H,18,19). The van der Waals surface area contributed by atoms with Gasteiger partial charge in [0.15, 0.2) is 0 Å². The molecule has 0 aliphatic heterocycles. The molecule has 4 nitrogen and oxygen atoms in total. The van der Waals surface area contributed by atoms with Crippen molar-refractivity contribution < 1.29 is 13.4 Å². The van der Waals surface area contributed by atoms with Gasteiger partial charge in [0, 0.05) is 10.6 Å². The van der Waals surface area contributed by atoms with Gasteiger partial charge in [-0.1, -0.05) is 11.6 Å². The first-order valence-electron chi connectivity index (χ1n) is 5.94. The van der Waals surface area contributed by atoms with Gasteiger partial charge in [-0.2, -0.15) is 0 Å². The number of nitrogens with two attached hydrogens (primary N) is 1. The van der Waals surface area contributed by atoms with Crippen molar-refractivity contribution >= 4 is 39.7 Å². The third-order valence-electron chi connectivity index (χ3n) is 2.62. The first-order chi connectivity index (χ1) is 9.95. The Balaban J connectivity index is 1.99. The molecule has 0 saturated carbocycles. The lowest BCUT2D eigenvalue weighted by Crippen LogP contribution is -2.19. The Morgan fingerprint density at radius 2 is 1.90 bits per heavy atom. The van der Waals surface area contributed by atoms with E-state index in [4.69, 9.17) is 17.3 Å². The molecule has 0 aliphatic carbocycles. The SMILES string of the molecule is Nc1cc(NC(=O)CS(=O)c2ccc(F)cc2)ccc1Cl. The number of rotatable bonds is 4. The summed E-state index contributed by atoms with van der Waals surface area (Å²) in [6.07, 6.45) is 0. The van der Waals surface area contributed by atoms with Crippen LogP contribution in [0.1, 0.15) is 0 Å². The van der Waals surface area contributed by atoms with E-state index in [-0.39, 0.29) is 5.75 Å². The van der Waals surface area contributed by atoms with Crippen LogP contribution in [0.15, 0.2) is 47.4 Å². The Hall–Kier alpha value is -1.92. The minimum atomic E-state index is -1.54. The van der Waals surface area contributed by atoms with Gasteiger partial charge in [-0.05, 0) is 42.5 Å². The minimum absolute atomic E-state index is 0.228. The van der Waals surface area contributed by atoms with Crippen LogP contribution in [-0.2, 0) is 15.6 Å². The normalized spacial score (nSPS) is 11.9. The number of nitrogens with one attached hydrogen (secondary N) is 1. The van der Waals surface area contributed by atoms with Gasteiger partial charge < -0.3 is 11.1 Å². The molecule has 0 heterocycles. The molecular weight excluding hydrogens is 315 g/mol. The molecule has 1 unspecified atom stereocenters. The fourth-order valence-electron chi connectivity index (χ4n) is 1.61. The second-order valence-electron chi connectivity index (χ2n) is 4.23. The van der Waals surface area contributed by atoms with Gasteiger partial charge >= 0.3 is 0 Å². The number of hydrogen-bond donors (Lipinski definition) is 2. The molecule has 0 spiro atoms. The lowest BCUT2D eigenvalue weighted by atomic mass is 10.3. The highest BCUT2D eigenvalue weighted by atomic mass is 35.5. The fraction of sp³-hybridized carbons (Fsp3) is 0.0714. The van der Waals surface area contributed by atoms with Crippen LogP contribution in [0.2, 0.25) is 5.02 Å². The van der Waals surface area contributed by atoms with Crippen LogP contribution < -0.4 is 11.1 Å². The quantitative estimate of drug-likeness (QED) is 0.849. The van der Waals surface area contributed by atoms with Crippen LogP contribution >= 0.6 is 11.6 Å². The van der Waals surface area contributed by atoms with Crippen molar-refractivity contribution in [2.75, 3.05) is 16.8 Å². The molecule has 21 heavy (non-hydrogen) atoms. The Morgan fingerprint density at radius 3 is 2.52 bits per heavy atom. The van der Waals surface area contributed by atoms with Gasteiger partial charge in [-0.25, -0.2) is 4.39 Å². The maximum absolute atomic E-state index is 12.8. The number of carbonyl (C=O) groups is 1. The summed E-state index contributed by atoms with van der Waals surface area (Å²) in [4.78, 5) is 12.2. The third-order valence-corrected chi connectivity index (χ3v) is 4.29. The average Bonchev–Trinajstić information content (AvgIpc) is 2.43. The lowest BCUT2D eigenvalue weighted by Gasteiger charge is -2.07. The van der Waals surface area contributed by atoms with Crippen molar-refractivity contribution in [3.8, 4) is 0 Å². The maximum atomic E-state index is 12.8. The summed E-state index contributed by atoms with van der Waals surface area (Å²) in [7, 11) is -1.54. The van der Waals surface area contributed by atoms with E-state index in [9.17, 15) is 13.4 Å². The molecule has 0 aromatic heterocycles. The summed E-state index contributed by atoms with van der Waals surface area (Å²) in [5.41, 5.74) is 6.44. The van der Waals surface area contributed by atoms with Crippen LogP contribution in [-0.4, -0.2) is 15.9 Å². The zero-order valence-corrected chi connectivity index (χ0v) is 12.4. The summed E-state index contributed by atoms with van der Waals surface area (Å²) in [6.45, 7) is 0. The Bertz CT molecular complexity index is 692. The predicted molar refractivity (Wildman–Crippen MR) is 82.2 cm³/mol. The summed E-state index contributed by atoms with van der Waals surface area (Å²) in [5, 5.41) is 2.97. The zero-order valence-electron chi connectivity index (χ0n) is 10.8. The van der Waals surface area contributed by atoms with Crippen molar-refractivity contribution in [3.05, 3.63) is 53.3 Å². The van der Waals surface area contributed by atoms with Gasteiger partial charge in [0.1, 0.15) is 11.6 Å². The summed E-state index contributed by atoms with van der Waals surface area (Å²) >= 11 is 5.78. The summed E-state index contributed by atoms with van der Waals surface area (Å²) < 4.78 is 24.7. The van der Waals surface area contributed by atoms with E-state index in [1.54, 1.807) is 12.1 Å². The number of hydrogen-bond acceptors (Lipinski definition) is 3. The number of halogens is 2. The number of anilines is 2. The smallest absolute Gasteiger partial charge is 0.237 e. The molecule has 0 bridgehead atoms. The van der Waals surface area contributed by atoms with E-state index >= 15 is 0 Å².